The number of hydrogen-bond donors (Lipinski definition) is 1. The Morgan fingerprint density at radius 2 is 1.37 bits per heavy atom. The van der Waals surface area contributed by atoms with E-state index < -0.39 is 22.8 Å². The van der Waals surface area contributed by atoms with Crippen molar-refractivity contribution in [3.8, 4) is 0 Å². The van der Waals surface area contributed by atoms with Gasteiger partial charge in [-0.15, -0.1) is 24.8 Å². The van der Waals surface area contributed by atoms with Crippen LogP contribution in [0.15, 0.2) is 95.3 Å². The van der Waals surface area contributed by atoms with Crippen LogP contribution in [0.1, 0.15) is 53.6 Å². The summed E-state index contributed by atoms with van der Waals surface area (Å²) in [6.07, 6.45) is 0. The van der Waals surface area contributed by atoms with Gasteiger partial charge in [-0.05, 0) is 44.4 Å². The molecule has 262 valence electrons. The van der Waals surface area contributed by atoms with E-state index in [-0.39, 0.29) is 54.3 Å². The number of rotatable bonds is 10. The van der Waals surface area contributed by atoms with Gasteiger partial charge in [-0.1, -0.05) is 71.8 Å². The van der Waals surface area contributed by atoms with Crippen molar-refractivity contribution in [3.63, 3.8) is 0 Å². The predicted molar refractivity (Wildman–Crippen MR) is 194 cm³/mol. The van der Waals surface area contributed by atoms with E-state index in [0.29, 0.717) is 23.5 Å². The molecule has 0 aliphatic carbocycles. The molecule has 0 bridgehead atoms. The first kappa shape index (κ1) is 39.2. The van der Waals surface area contributed by atoms with Crippen LogP contribution in [0, 0.1) is 24.0 Å². The van der Waals surface area contributed by atoms with Gasteiger partial charge in [0.25, 0.3) is 5.69 Å². The number of ether oxygens (including phenoxy) is 2. The minimum absolute atomic E-state index is 0. The number of methoxy groups -OCH3 is 1. The van der Waals surface area contributed by atoms with Gasteiger partial charge in [0.1, 0.15) is 6.61 Å². The average molecular weight is 712 g/mol. The van der Waals surface area contributed by atoms with Gasteiger partial charge in [0.15, 0.2) is 0 Å². The van der Waals surface area contributed by atoms with Crippen LogP contribution in [0.25, 0.3) is 0 Å². The summed E-state index contributed by atoms with van der Waals surface area (Å²) in [5, 5.41) is 14.7. The molecule has 1 saturated heterocycles. The normalized spacial score (nSPS) is 16.7. The van der Waals surface area contributed by atoms with Crippen LogP contribution in [0.2, 0.25) is 0 Å². The number of hydrogen-bond acceptors (Lipinski definition) is 9. The quantitative estimate of drug-likeness (QED) is 0.145. The predicted octanol–water partition coefficient (Wildman–Crippen LogP) is 6.41. The maximum Gasteiger partial charge on any atom is 0.336 e. The molecule has 1 fully saturated rings. The third-order valence-corrected chi connectivity index (χ3v) is 9.00. The van der Waals surface area contributed by atoms with Crippen LogP contribution >= 0.6 is 24.8 Å². The molecule has 49 heavy (non-hydrogen) atoms. The van der Waals surface area contributed by atoms with E-state index in [9.17, 15) is 19.7 Å². The Hall–Kier alpha value is -4.22. The Bertz CT molecular complexity index is 1650. The van der Waals surface area contributed by atoms with E-state index in [2.05, 4.69) is 77.5 Å². The minimum Gasteiger partial charge on any atom is -0.466 e. The van der Waals surface area contributed by atoms with E-state index in [4.69, 9.17) is 9.47 Å². The lowest BCUT2D eigenvalue weighted by Gasteiger charge is -2.39. The summed E-state index contributed by atoms with van der Waals surface area (Å²) in [7, 11) is 1.26. The van der Waals surface area contributed by atoms with Crippen LogP contribution in [0.4, 0.5) is 5.69 Å². The Kier molecular flexibility index (Phi) is 14.0. The monoisotopic (exact) mass is 710 g/mol. The number of non-ortho nitro benzene ring substituents is 1. The number of nitro groups is 1. The number of carbonyl (C=O) groups excluding carboxylic acids is 2. The van der Waals surface area contributed by atoms with Gasteiger partial charge in [-0.25, -0.2) is 9.59 Å². The lowest BCUT2D eigenvalue weighted by molar-refractivity contribution is -0.384. The SMILES string of the molecule is COC(=O)C1=C(C)NC(C)=C(C(=O)OCCN2CCN(C(c3ccc(C)cc3)c3ccc(C)cc3)CC2)C1c1cccc([N+](=O)[O-])c1.Cl.Cl. The second kappa shape index (κ2) is 17.4. The van der Waals surface area contributed by atoms with Gasteiger partial charge in [-0.2, -0.15) is 0 Å². The molecular weight excluding hydrogens is 667 g/mol. The summed E-state index contributed by atoms with van der Waals surface area (Å²) in [6.45, 7) is 11.7. The smallest absolute Gasteiger partial charge is 0.336 e. The molecule has 2 heterocycles. The van der Waals surface area contributed by atoms with Gasteiger partial charge in [0.05, 0.1) is 35.1 Å². The topological polar surface area (TPSA) is 114 Å². The fraction of sp³-hybridized carbons (Fsp3) is 0.351. The van der Waals surface area contributed by atoms with Crippen LogP contribution in [-0.4, -0.2) is 73.1 Å². The Morgan fingerprint density at radius 3 is 1.88 bits per heavy atom. The Morgan fingerprint density at radius 1 is 0.837 bits per heavy atom. The fourth-order valence-corrected chi connectivity index (χ4v) is 6.50. The Balaban J connectivity index is 0.00000325. The van der Waals surface area contributed by atoms with Crippen molar-refractivity contribution in [1.29, 1.82) is 0 Å². The van der Waals surface area contributed by atoms with Crippen LogP contribution in [0.5, 0.6) is 0 Å². The lowest BCUT2D eigenvalue weighted by atomic mass is 9.80. The third kappa shape index (κ3) is 9.07. The first-order valence-electron chi connectivity index (χ1n) is 15.8. The number of nitrogens with zero attached hydrogens (tertiary/aromatic N) is 3. The summed E-state index contributed by atoms with van der Waals surface area (Å²) in [4.78, 5) is 42.4. The molecule has 0 aromatic heterocycles. The van der Waals surface area contributed by atoms with E-state index in [0.717, 1.165) is 26.2 Å². The zero-order valence-electron chi connectivity index (χ0n) is 28.4. The molecule has 1 unspecified atom stereocenters. The number of esters is 2. The molecule has 3 aromatic rings. The molecule has 5 rings (SSSR count). The largest absolute Gasteiger partial charge is 0.466 e. The van der Waals surface area contributed by atoms with E-state index >= 15 is 0 Å². The number of benzene rings is 3. The maximum absolute atomic E-state index is 13.7. The highest BCUT2D eigenvalue weighted by atomic mass is 35.5. The van der Waals surface area contributed by atoms with E-state index in [1.165, 1.54) is 41.5 Å². The first-order chi connectivity index (χ1) is 22.6. The van der Waals surface area contributed by atoms with Crippen molar-refractivity contribution in [2.45, 2.75) is 39.7 Å². The molecule has 1 atom stereocenters. The average Bonchev–Trinajstić information content (AvgIpc) is 3.06. The molecule has 2 aliphatic rings. The summed E-state index contributed by atoms with van der Waals surface area (Å²) >= 11 is 0. The van der Waals surface area contributed by atoms with Crippen molar-refractivity contribution >= 4 is 42.4 Å². The second-order valence-electron chi connectivity index (χ2n) is 12.2. The molecule has 10 nitrogen and oxygen atoms in total. The number of nitrogens with one attached hydrogen (secondary N) is 1. The Labute approximate surface area is 300 Å². The zero-order valence-corrected chi connectivity index (χ0v) is 30.1. The molecule has 0 spiro atoms. The standard InChI is InChI=1S/C37H42N4O6.2ClH/c1-24-9-13-28(14-10-24)35(29-15-11-25(2)12-16-29)40-19-17-39(18-20-40)21-22-47-37(43)33-27(4)38-26(3)32(36(42)46-5)34(33)30-7-6-8-31(23-30)41(44)45;;/h6-16,23,34-35,38H,17-22H2,1-5H3;2*1H. The highest BCUT2D eigenvalue weighted by molar-refractivity contribution is 5.99. The number of carbonyl (C=O) groups is 2. The van der Waals surface area contributed by atoms with E-state index in [1.807, 2.05) is 0 Å². The fourth-order valence-electron chi connectivity index (χ4n) is 6.50. The second-order valence-corrected chi connectivity index (χ2v) is 12.2. The molecule has 0 amide bonds. The van der Waals surface area contributed by atoms with Crippen molar-refractivity contribution in [2.24, 2.45) is 0 Å². The van der Waals surface area contributed by atoms with Gasteiger partial charge in [0, 0.05) is 56.3 Å². The maximum atomic E-state index is 13.7. The number of nitro benzene ring substituents is 1. The van der Waals surface area contributed by atoms with Gasteiger partial charge < -0.3 is 14.8 Å². The van der Waals surface area contributed by atoms with Gasteiger partial charge in [-0.3, -0.25) is 19.9 Å². The summed E-state index contributed by atoms with van der Waals surface area (Å²) < 4.78 is 10.9. The minimum atomic E-state index is -0.889. The summed E-state index contributed by atoms with van der Waals surface area (Å²) in [6, 6.07) is 23.6. The highest BCUT2D eigenvalue weighted by Gasteiger charge is 2.38. The van der Waals surface area contributed by atoms with Crippen LogP contribution in [0.3, 0.4) is 0 Å². The van der Waals surface area contributed by atoms with Gasteiger partial charge >= 0.3 is 11.9 Å². The van der Waals surface area contributed by atoms with Crippen molar-refractivity contribution in [2.75, 3.05) is 46.4 Å². The van der Waals surface area contributed by atoms with Crippen molar-refractivity contribution < 1.29 is 24.0 Å². The van der Waals surface area contributed by atoms with Gasteiger partial charge in [0.2, 0.25) is 0 Å². The molecule has 12 heteroatoms. The molecule has 0 saturated carbocycles. The van der Waals surface area contributed by atoms with Crippen molar-refractivity contribution in [3.05, 3.63) is 133 Å². The van der Waals surface area contributed by atoms with E-state index in [1.54, 1.807) is 26.0 Å². The molecule has 0 radical (unpaired) electrons. The van der Waals surface area contributed by atoms with Crippen LogP contribution < -0.4 is 5.32 Å². The molecule has 3 aromatic carbocycles. The summed E-state index contributed by atoms with van der Waals surface area (Å²) in [5.41, 5.74) is 6.74. The number of allylic oxidation sites excluding steroid dienone is 2. The number of aryl methyl sites for hydroxylation is 2. The lowest BCUT2D eigenvalue weighted by Crippen LogP contribution is -2.48. The highest BCUT2D eigenvalue weighted by Crippen LogP contribution is 2.40. The number of piperazine rings is 1. The first-order valence-corrected chi connectivity index (χ1v) is 15.8. The summed E-state index contributed by atoms with van der Waals surface area (Å²) in [5.74, 6) is -2.10. The zero-order chi connectivity index (χ0) is 33.7. The molecular formula is C37H44Cl2N4O6. The number of dihydropyridines is 1. The van der Waals surface area contributed by atoms with Crippen LogP contribution in [-0.2, 0) is 19.1 Å². The molecule has 1 N–H and O–H groups in total. The number of halogens is 2. The third-order valence-electron chi connectivity index (χ3n) is 9.00. The molecule has 2 aliphatic heterocycles. The van der Waals surface area contributed by atoms with Crippen molar-refractivity contribution in [1.82, 2.24) is 15.1 Å².